The van der Waals surface area contributed by atoms with Crippen LogP contribution in [0.25, 0.3) is 0 Å². The molecule has 1 saturated heterocycles. The van der Waals surface area contributed by atoms with E-state index in [4.69, 9.17) is 10.5 Å². The minimum atomic E-state index is 0.312. The van der Waals surface area contributed by atoms with Gasteiger partial charge in [0.1, 0.15) is 6.33 Å². The van der Waals surface area contributed by atoms with Crippen LogP contribution in [0.1, 0.15) is 18.7 Å². The zero-order valence-electron chi connectivity index (χ0n) is 7.52. The maximum atomic E-state index is 5.48. The first-order valence-electron chi connectivity index (χ1n) is 4.58. The molecule has 1 aliphatic heterocycles. The van der Waals surface area contributed by atoms with Gasteiger partial charge in [0, 0.05) is 6.61 Å². The number of nitrogens with two attached hydrogens (primary N) is 1. The quantitative estimate of drug-likeness (QED) is 0.709. The van der Waals surface area contributed by atoms with Crippen molar-refractivity contribution in [3.05, 3.63) is 12.2 Å². The van der Waals surface area contributed by atoms with Gasteiger partial charge in [-0.2, -0.15) is 5.10 Å². The lowest BCUT2D eigenvalue weighted by Gasteiger charge is -2.07. The molecule has 0 spiro atoms. The molecule has 0 bridgehead atoms. The second kappa shape index (κ2) is 3.85. The highest BCUT2D eigenvalue weighted by Gasteiger charge is 2.16. The molecular weight excluding hydrogens is 168 g/mol. The van der Waals surface area contributed by atoms with Crippen LogP contribution in [-0.2, 0) is 17.8 Å². The van der Waals surface area contributed by atoms with Gasteiger partial charge in [0.2, 0.25) is 0 Å². The minimum Gasteiger partial charge on any atom is -0.376 e. The topological polar surface area (TPSA) is 66.0 Å². The van der Waals surface area contributed by atoms with E-state index in [1.165, 1.54) is 0 Å². The molecule has 0 aromatic carbocycles. The summed E-state index contributed by atoms with van der Waals surface area (Å²) >= 11 is 0. The Hall–Kier alpha value is -0.940. The molecule has 72 valence electrons. The van der Waals surface area contributed by atoms with Gasteiger partial charge in [0.15, 0.2) is 5.82 Å². The molecule has 1 atom stereocenters. The second-order valence-corrected chi connectivity index (χ2v) is 3.22. The predicted octanol–water partition coefficient (Wildman–Crippen LogP) is -0.0842. The lowest BCUT2D eigenvalue weighted by molar-refractivity contribution is 0.0938. The zero-order chi connectivity index (χ0) is 9.10. The molecule has 0 radical (unpaired) electrons. The van der Waals surface area contributed by atoms with Gasteiger partial charge in [-0.1, -0.05) is 0 Å². The van der Waals surface area contributed by atoms with Crippen LogP contribution in [0.15, 0.2) is 6.33 Å². The summed E-state index contributed by atoms with van der Waals surface area (Å²) in [6.07, 6.45) is 4.30. The van der Waals surface area contributed by atoms with Crippen LogP contribution < -0.4 is 5.73 Å². The Balaban J connectivity index is 1.92. The van der Waals surface area contributed by atoms with Crippen LogP contribution >= 0.6 is 0 Å². The zero-order valence-corrected chi connectivity index (χ0v) is 7.52. The molecule has 13 heavy (non-hydrogen) atoms. The van der Waals surface area contributed by atoms with Crippen molar-refractivity contribution in [3.8, 4) is 0 Å². The fourth-order valence-electron chi connectivity index (χ4n) is 1.51. The van der Waals surface area contributed by atoms with E-state index in [1.807, 2.05) is 0 Å². The number of hydrogen-bond donors (Lipinski definition) is 1. The van der Waals surface area contributed by atoms with Gasteiger partial charge in [0.25, 0.3) is 0 Å². The van der Waals surface area contributed by atoms with E-state index in [1.54, 1.807) is 11.0 Å². The normalized spacial score (nSPS) is 22.4. The van der Waals surface area contributed by atoms with Gasteiger partial charge in [-0.15, -0.1) is 0 Å². The molecule has 1 unspecified atom stereocenters. The van der Waals surface area contributed by atoms with Crippen molar-refractivity contribution >= 4 is 0 Å². The van der Waals surface area contributed by atoms with Crippen molar-refractivity contribution in [3.63, 3.8) is 0 Å². The van der Waals surface area contributed by atoms with E-state index in [0.29, 0.717) is 18.5 Å². The van der Waals surface area contributed by atoms with Crippen molar-refractivity contribution in [2.75, 3.05) is 6.61 Å². The van der Waals surface area contributed by atoms with Gasteiger partial charge in [-0.05, 0) is 12.8 Å². The third-order valence-electron chi connectivity index (χ3n) is 2.18. The van der Waals surface area contributed by atoms with E-state index < -0.39 is 0 Å². The molecule has 1 aromatic heterocycles. The summed E-state index contributed by atoms with van der Waals surface area (Å²) in [5.74, 6) is 0.693. The van der Waals surface area contributed by atoms with E-state index in [2.05, 4.69) is 10.1 Å². The van der Waals surface area contributed by atoms with Crippen LogP contribution in [0.5, 0.6) is 0 Å². The average molecular weight is 182 g/mol. The number of ether oxygens (including phenoxy) is 1. The maximum Gasteiger partial charge on any atom is 0.164 e. The number of hydrogen-bond acceptors (Lipinski definition) is 4. The van der Waals surface area contributed by atoms with E-state index in [0.717, 1.165) is 26.0 Å². The van der Waals surface area contributed by atoms with Gasteiger partial charge in [-0.25, -0.2) is 4.98 Å². The van der Waals surface area contributed by atoms with Gasteiger partial charge < -0.3 is 10.5 Å². The molecule has 5 heteroatoms. The van der Waals surface area contributed by atoms with Crippen molar-refractivity contribution in [1.29, 1.82) is 0 Å². The standard InChI is InChI=1S/C8H14N4O/c9-4-8-10-6-12(11-8)5-7-2-1-3-13-7/h6-7H,1-5,9H2. The first kappa shape index (κ1) is 8.65. The average Bonchev–Trinajstić information content (AvgIpc) is 2.76. The van der Waals surface area contributed by atoms with Gasteiger partial charge >= 0.3 is 0 Å². The van der Waals surface area contributed by atoms with Crippen molar-refractivity contribution in [1.82, 2.24) is 14.8 Å². The molecular formula is C8H14N4O. The van der Waals surface area contributed by atoms with Gasteiger partial charge in [-0.3, -0.25) is 4.68 Å². The molecule has 2 rings (SSSR count). The fourth-order valence-corrected chi connectivity index (χ4v) is 1.51. The van der Waals surface area contributed by atoms with Crippen LogP contribution in [-0.4, -0.2) is 27.5 Å². The Morgan fingerprint density at radius 3 is 3.23 bits per heavy atom. The van der Waals surface area contributed by atoms with Crippen LogP contribution in [0.2, 0.25) is 0 Å². The third-order valence-corrected chi connectivity index (χ3v) is 2.18. The Morgan fingerprint density at radius 1 is 1.69 bits per heavy atom. The predicted molar refractivity (Wildman–Crippen MR) is 46.9 cm³/mol. The highest BCUT2D eigenvalue weighted by molar-refractivity contribution is 4.80. The molecule has 1 fully saturated rings. The molecule has 0 saturated carbocycles. The molecule has 5 nitrogen and oxygen atoms in total. The summed E-state index contributed by atoms with van der Waals surface area (Å²) < 4.78 is 7.28. The van der Waals surface area contributed by atoms with Crippen LogP contribution in [0.4, 0.5) is 0 Å². The number of nitrogens with zero attached hydrogens (tertiary/aromatic N) is 3. The third kappa shape index (κ3) is 2.05. The second-order valence-electron chi connectivity index (χ2n) is 3.22. The first-order valence-corrected chi connectivity index (χ1v) is 4.58. The van der Waals surface area contributed by atoms with E-state index in [9.17, 15) is 0 Å². The summed E-state index contributed by atoms with van der Waals surface area (Å²) in [6.45, 7) is 2.08. The van der Waals surface area contributed by atoms with Gasteiger partial charge in [0.05, 0.1) is 19.2 Å². The van der Waals surface area contributed by atoms with Crippen molar-refractivity contribution < 1.29 is 4.74 Å². The number of aromatic nitrogens is 3. The lowest BCUT2D eigenvalue weighted by Crippen LogP contribution is -2.15. The molecule has 0 aliphatic carbocycles. The Labute approximate surface area is 76.9 Å². The summed E-state index contributed by atoms with van der Waals surface area (Å²) in [5.41, 5.74) is 5.40. The summed E-state index contributed by atoms with van der Waals surface area (Å²) in [5, 5.41) is 4.19. The summed E-state index contributed by atoms with van der Waals surface area (Å²) in [6, 6.07) is 0. The monoisotopic (exact) mass is 182 g/mol. The Kier molecular flexibility index (Phi) is 2.56. The lowest BCUT2D eigenvalue weighted by atomic mass is 10.2. The highest BCUT2D eigenvalue weighted by Crippen LogP contribution is 2.13. The van der Waals surface area contributed by atoms with Crippen molar-refractivity contribution in [2.24, 2.45) is 5.73 Å². The molecule has 0 amide bonds. The SMILES string of the molecule is NCc1ncn(CC2CCCO2)n1. The van der Waals surface area contributed by atoms with Crippen LogP contribution in [0.3, 0.4) is 0 Å². The van der Waals surface area contributed by atoms with Crippen molar-refractivity contribution in [2.45, 2.75) is 32.0 Å². The molecule has 1 aliphatic rings. The molecule has 1 aromatic rings. The minimum absolute atomic E-state index is 0.312. The first-order chi connectivity index (χ1) is 6.38. The number of rotatable bonds is 3. The maximum absolute atomic E-state index is 5.48. The van der Waals surface area contributed by atoms with Crippen LogP contribution in [0, 0.1) is 0 Å². The van der Waals surface area contributed by atoms with E-state index >= 15 is 0 Å². The Morgan fingerprint density at radius 2 is 2.62 bits per heavy atom. The van der Waals surface area contributed by atoms with E-state index in [-0.39, 0.29) is 0 Å². The largest absolute Gasteiger partial charge is 0.376 e. The fraction of sp³-hybridized carbons (Fsp3) is 0.750. The molecule has 2 N–H and O–H groups in total. The molecule has 2 heterocycles. The Bertz CT molecular complexity index is 267. The summed E-state index contributed by atoms with van der Waals surface area (Å²) in [7, 11) is 0. The summed E-state index contributed by atoms with van der Waals surface area (Å²) in [4.78, 5) is 4.05. The smallest absolute Gasteiger partial charge is 0.164 e. The highest BCUT2D eigenvalue weighted by atomic mass is 16.5.